The number of nitrogens with one attached hydrogen (secondary N) is 3. The number of aryl methyl sites for hydroxylation is 1. The second kappa shape index (κ2) is 10.6. The SMILES string of the molecule is Cc1nc2ccc(C(C)CNc3ccc(C(=O)N[C@@H](CCC(=O)O)C(=O)O)cc3)cc2c(=O)[nH]1. The number of aromatic nitrogens is 2. The summed E-state index contributed by atoms with van der Waals surface area (Å²) in [6, 6.07) is 10.8. The molecule has 0 radical (unpaired) electrons. The lowest BCUT2D eigenvalue weighted by atomic mass is 9.99. The van der Waals surface area contributed by atoms with Gasteiger partial charge in [0.1, 0.15) is 11.9 Å². The first-order valence-corrected chi connectivity index (χ1v) is 10.7. The van der Waals surface area contributed by atoms with E-state index < -0.39 is 23.9 Å². The zero-order valence-corrected chi connectivity index (χ0v) is 18.8. The summed E-state index contributed by atoms with van der Waals surface area (Å²) < 4.78 is 0. The molecular formula is C24H26N4O6. The Morgan fingerprint density at radius 2 is 1.79 bits per heavy atom. The number of hydrogen-bond donors (Lipinski definition) is 5. The number of nitrogens with zero attached hydrogens (tertiary/aromatic N) is 1. The number of amides is 1. The van der Waals surface area contributed by atoms with Gasteiger partial charge in [-0.2, -0.15) is 0 Å². The number of carbonyl (C=O) groups excluding carboxylic acids is 1. The highest BCUT2D eigenvalue weighted by atomic mass is 16.4. The molecule has 0 aliphatic rings. The number of carbonyl (C=O) groups is 3. The van der Waals surface area contributed by atoms with Crippen LogP contribution in [0.1, 0.15) is 47.4 Å². The first kappa shape index (κ1) is 24.4. The van der Waals surface area contributed by atoms with Crippen molar-refractivity contribution in [2.24, 2.45) is 0 Å². The summed E-state index contributed by atoms with van der Waals surface area (Å²) in [6.07, 6.45) is -0.565. The van der Waals surface area contributed by atoms with E-state index in [1.54, 1.807) is 31.2 Å². The first-order chi connectivity index (χ1) is 16.1. The lowest BCUT2D eigenvalue weighted by Gasteiger charge is -2.16. The van der Waals surface area contributed by atoms with Crippen molar-refractivity contribution in [1.82, 2.24) is 15.3 Å². The van der Waals surface area contributed by atoms with E-state index in [1.165, 1.54) is 0 Å². The van der Waals surface area contributed by atoms with Crippen molar-refractivity contribution in [3.8, 4) is 0 Å². The summed E-state index contributed by atoms with van der Waals surface area (Å²) in [5.74, 6) is -2.37. The van der Waals surface area contributed by atoms with E-state index in [1.807, 2.05) is 25.1 Å². The van der Waals surface area contributed by atoms with Crippen molar-refractivity contribution in [2.45, 2.75) is 38.6 Å². The van der Waals surface area contributed by atoms with Gasteiger partial charge in [0.05, 0.1) is 10.9 Å². The molecule has 0 aliphatic carbocycles. The van der Waals surface area contributed by atoms with Gasteiger partial charge in [-0.05, 0) is 61.2 Å². The zero-order chi connectivity index (χ0) is 24.8. The molecule has 2 aromatic carbocycles. The molecule has 3 aromatic rings. The second-order valence-electron chi connectivity index (χ2n) is 8.08. The Morgan fingerprint density at radius 1 is 1.09 bits per heavy atom. The van der Waals surface area contributed by atoms with Crippen LogP contribution in [0.2, 0.25) is 0 Å². The summed E-state index contributed by atoms with van der Waals surface area (Å²) in [5, 5.41) is 24.1. The van der Waals surface area contributed by atoms with E-state index >= 15 is 0 Å². The lowest BCUT2D eigenvalue weighted by Crippen LogP contribution is -2.41. The Bertz CT molecular complexity index is 1270. The van der Waals surface area contributed by atoms with Crippen molar-refractivity contribution in [3.63, 3.8) is 0 Å². The molecule has 1 unspecified atom stereocenters. The molecule has 5 N–H and O–H groups in total. The van der Waals surface area contributed by atoms with E-state index in [-0.39, 0.29) is 29.9 Å². The van der Waals surface area contributed by atoms with Gasteiger partial charge in [-0.1, -0.05) is 13.0 Å². The van der Waals surface area contributed by atoms with Crippen LogP contribution in [0, 0.1) is 6.92 Å². The monoisotopic (exact) mass is 466 g/mol. The highest BCUT2D eigenvalue weighted by Gasteiger charge is 2.21. The summed E-state index contributed by atoms with van der Waals surface area (Å²) in [5.41, 5.74) is 2.48. The summed E-state index contributed by atoms with van der Waals surface area (Å²) in [7, 11) is 0. The molecule has 0 spiro atoms. The zero-order valence-electron chi connectivity index (χ0n) is 18.8. The summed E-state index contributed by atoms with van der Waals surface area (Å²) >= 11 is 0. The molecule has 10 nitrogen and oxygen atoms in total. The maximum atomic E-state index is 12.3. The Labute approximate surface area is 195 Å². The van der Waals surface area contributed by atoms with Crippen LogP contribution in [0.4, 0.5) is 5.69 Å². The van der Waals surface area contributed by atoms with Gasteiger partial charge in [-0.25, -0.2) is 9.78 Å². The quantitative estimate of drug-likeness (QED) is 0.304. The molecule has 2 atom stereocenters. The summed E-state index contributed by atoms with van der Waals surface area (Å²) in [4.78, 5) is 53.5. The standard InChI is InChI=1S/C24H26N4O6/c1-13(16-5-8-19-18(11-16)23(32)27-14(2)26-19)12-25-17-6-3-15(4-7-17)22(31)28-20(24(33)34)9-10-21(29)30/h3-8,11,13,20,25H,9-10,12H2,1-2H3,(H,28,31)(H,29,30)(H,33,34)(H,26,27,32)/t13?,20-/m0/s1. The number of fused-ring (bicyclic) bond motifs is 1. The van der Waals surface area contributed by atoms with Crippen LogP contribution in [-0.2, 0) is 9.59 Å². The van der Waals surface area contributed by atoms with Crippen molar-refractivity contribution >= 4 is 34.4 Å². The highest BCUT2D eigenvalue weighted by Crippen LogP contribution is 2.20. The molecule has 178 valence electrons. The fraction of sp³-hybridized carbons (Fsp3) is 0.292. The number of hydrogen-bond acceptors (Lipinski definition) is 6. The first-order valence-electron chi connectivity index (χ1n) is 10.7. The minimum atomic E-state index is -1.29. The van der Waals surface area contributed by atoms with E-state index in [0.29, 0.717) is 23.3 Å². The van der Waals surface area contributed by atoms with Gasteiger partial charge >= 0.3 is 11.9 Å². The third-order valence-electron chi connectivity index (χ3n) is 5.43. The molecule has 3 rings (SSSR count). The minimum absolute atomic E-state index is 0.0821. The fourth-order valence-electron chi connectivity index (χ4n) is 3.47. The van der Waals surface area contributed by atoms with Gasteiger partial charge in [0.2, 0.25) is 0 Å². The van der Waals surface area contributed by atoms with Crippen LogP contribution in [0.5, 0.6) is 0 Å². The fourth-order valence-corrected chi connectivity index (χ4v) is 3.47. The van der Waals surface area contributed by atoms with Crippen LogP contribution in [0.25, 0.3) is 10.9 Å². The number of rotatable bonds is 10. The Hall–Kier alpha value is -4.21. The van der Waals surface area contributed by atoms with Crippen molar-refractivity contribution in [3.05, 3.63) is 69.8 Å². The Balaban J connectivity index is 1.60. The third-order valence-corrected chi connectivity index (χ3v) is 5.43. The normalized spacial score (nSPS) is 12.6. The number of carboxylic acids is 2. The molecule has 1 heterocycles. The molecule has 0 aliphatic heterocycles. The number of carboxylic acid groups (broad SMARTS) is 2. The predicted octanol–water partition coefficient (Wildman–Crippen LogP) is 2.49. The average molecular weight is 466 g/mol. The molecule has 0 fully saturated rings. The largest absolute Gasteiger partial charge is 0.481 e. The van der Waals surface area contributed by atoms with Gasteiger partial charge in [0.15, 0.2) is 0 Å². The van der Waals surface area contributed by atoms with Gasteiger partial charge in [0.25, 0.3) is 11.5 Å². The maximum absolute atomic E-state index is 12.3. The molecular weight excluding hydrogens is 440 g/mol. The predicted molar refractivity (Wildman–Crippen MR) is 126 cm³/mol. The maximum Gasteiger partial charge on any atom is 0.326 e. The number of H-pyrrole nitrogens is 1. The molecule has 1 amide bonds. The van der Waals surface area contributed by atoms with Crippen LogP contribution < -0.4 is 16.2 Å². The number of anilines is 1. The molecule has 0 bridgehead atoms. The number of aromatic amines is 1. The molecule has 0 saturated carbocycles. The molecule has 34 heavy (non-hydrogen) atoms. The average Bonchev–Trinajstić information content (AvgIpc) is 2.79. The lowest BCUT2D eigenvalue weighted by molar-refractivity contribution is -0.140. The van der Waals surface area contributed by atoms with Crippen molar-refractivity contribution in [2.75, 3.05) is 11.9 Å². The van der Waals surface area contributed by atoms with Crippen molar-refractivity contribution < 1.29 is 24.6 Å². The van der Waals surface area contributed by atoms with E-state index in [4.69, 9.17) is 5.11 Å². The number of benzene rings is 2. The second-order valence-corrected chi connectivity index (χ2v) is 8.08. The summed E-state index contributed by atoms with van der Waals surface area (Å²) in [6.45, 7) is 4.33. The van der Waals surface area contributed by atoms with Gasteiger partial charge in [0, 0.05) is 24.2 Å². The van der Waals surface area contributed by atoms with E-state index in [2.05, 4.69) is 20.6 Å². The molecule has 1 aromatic heterocycles. The van der Waals surface area contributed by atoms with Gasteiger partial charge < -0.3 is 25.8 Å². The van der Waals surface area contributed by atoms with Crippen LogP contribution in [0.3, 0.4) is 0 Å². The van der Waals surface area contributed by atoms with Gasteiger partial charge in [-0.3, -0.25) is 14.4 Å². The number of aliphatic carboxylic acids is 2. The van der Waals surface area contributed by atoms with Crippen LogP contribution >= 0.6 is 0 Å². The Morgan fingerprint density at radius 3 is 2.44 bits per heavy atom. The smallest absolute Gasteiger partial charge is 0.326 e. The minimum Gasteiger partial charge on any atom is -0.481 e. The van der Waals surface area contributed by atoms with Gasteiger partial charge in [-0.15, -0.1) is 0 Å². The van der Waals surface area contributed by atoms with Crippen LogP contribution in [0.15, 0.2) is 47.3 Å². The molecule has 0 saturated heterocycles. The topological polar surface area (TPSA) is 161 Å². The molecule has 10 heteroatoms. The van der Waals surface area contributed by atoms with E-state index in [9.17, 15) is 24.3 Å². The van der Waals surface area contributed by atoms with E-state index in [0.717, 1.165) is 11.3 Å². The third kappa shape index (κ3) is 6.18. The van der Waals surface area contributed by atoms with Crippen LogP contribution in [-0.4, -0.2) is 50.6 Å². The highest BCUT2D eigenvalue weighted by molar-refractivity contribution is 5.97. The van der Waals surface area contributed by atoms with Crippen molar-refractivity contribution in [1.29, 1.82) is 0 Å². The Kier molecular flexibility index (Phi) is 7.62.